The molecular weight excluding hydrogens is 382 g/mol. The molecule has 0 unspecified atom stereocenters. The molecule has 1 saturated heterocycles. The number of rotatable bonds is 4. The van der Waals surface area contributed by atoms with E-state index in [4.69, 9.17) is 11.6 Å². The molecule has 0 atom stereocenters. The highest BCUT2D eigenvalue weighted by Gasteiger charge is 2.23. The fourth-order valence-corrected chi connectivity index (χ4v) is 3.94. The van der Waals surface area contributed by atoms with Crippen LogP contribution in [0.25, 0.3) is 10.6 Å². The topological polar surface area (TPSA) is 62.2 Å². The lowest BCUT2D eigenvalue weighted by atomic mass is 10.2. The van der Waals surface area contributed by atoms with Gasteiger partial charge in [-0.25, -0.2) is 15.0 Å². The summed E-state index contributed by atoms with van der Waals surface area (Å²) < 4.78 is 0. The Balaban J connectivity index is 1.34. The number of nitrogens with zero attached hydrogens (tertiary/aromatic N) is 5. The third-order valence-corrected chi connectivity index (χ3v) is 5.63. The lowest BCUT2D eigenvalue weighted by molar-refractivity contribution is -0.130. The van der Waals surface area contributed by atoms with Crippen LogP contribution in [0.1, 0.15) is 5.69 Å². The zero-order valence-corrected chi connectivity index (χ0v) is 16.2. The maximum atomic E-state index is 12.6. The summed E-state index contributed by atoms with van der Waals surface area (Å²) in [4.78, 5) is 29.8. The molecule has 3 heterocycles. The van der Waals surface area contributed by atoms with Crippen LogP contribution < -0.4 is 4.90 Å². The van der Waals surface area contributed by atoms with E-state index in [1.807, 2.05) is 34.5 Å². The van der Waals surface area contributed by atoms with Gasteiger partial charge in [-0.1, -0.05) is 23.7 Å². The van der Waals surface area contributed by atoms with Crippen LogP contribution in [0.3, 0.4) is 0 Å². The number of carbonyl (C=O) groups is 1. The third kappa shape index (κ3) is 4.26. The first-order valence-corrected chi connectivity index (χ1v) is 9.95. The molecule has 0 radical (unpaired) electrons. The van der Waals surface area contributed by atoms with E-state index in [0.29, 0.717) is 24.5 Å². The summed E-state index contributed by atoms with van der Waals surface area (Å²) in [6, 6.07) is 9.38. The number of anilines is 1. The number of benzene rings is 1. The van der Waals surface area contributed by atoms with Gasteiger partial charge in [-0.15, -0.1) is 11.3 Å². The van der Waals surface area contributed by atoms with Gasteiger partial charge in [0, 0.05) is 54.5 Å². The molecule has 1 fully saturated rings. The van der Waals surface area contributed by atoms with Crippen molar-refractivity contribution in [3.05, 3.63) is 58.8 Å². The summed E-state index contributed by atoms with van der Waals surface area (Å²) in [5.41, 5.74) is 1.82. The quantitative estimate of drug-likeness (QED) is 0.674. The molecule has 1 aliphatic heterocycles. The predicted molar refractivity (Wildman–Crippen MR) is 107 cm³/mol. The van der Waals surface area contributed by atoms with Crippen LogP contribution in [0.5, 0.6) is 0 Å². The molecule has 0 saturated carbocycles. The van der Waals surface area contributed by atoms with Crippen molar-refractivity contribution in [3.8, 4) is 10.6 Å². The van der Waals surface area contributed by atoms with E-state index in [9.17, 15) is 4.79 Å². The first-order valence-electron chi connectivity index (χ1n) is 8.69. The van der Waals surface area contributed by atoms with Crippen LogP contribution in [0.15, 0.2) is 48.1 Å². The molecule has 0 spiro atoms. The van der Waals surface area contributed by atoms with Crippen molar-refractivity contribution >= 4 is 34.8 Å². The van der Waals surface area contributed by atoms with Crippen molar-refractivity contribution in [2.75, 3.05) is 31.1 Å². The van der Waals surface area contributed by atoms with Gasteiger partial charge in [0.05, 0.1) is 12.1 Å². The van der Waals surface area contributed by atoms with Crippen molar-refractivity contribution in [3.63, 3.8) is 0 Å². The first kappa shape index (κ1) is 17.9. The summed E-state index contributed by atoms with van der Waals surface area (Å²) >= 11 is 7.48. The Kier molecular flexibility index (Phi) is 5.31. The molecule has 3 aromatic rings. The normalized spacial score (nSPS) is 14.4. The van der Waals surface area contributed by atoms with Crippen molar-refractivity contribution in [1.82, 2.24) is 19.9 Å². The average molecular weight is 400 g/mol. The SMILES string of the molecule is O=C(Cc1csc(-c2ccc(Cl)cc2)n1)N1CCN(c2ncccn2)CC1. The highest BCUT2D eigenvalue weighted by atomic mass is 35.5. The maximum Gasteiger partial charge on any atom is 0.228 e. The highest BCUT2D eigenvalue weighted by molar-refractivity contribution is 7.13. The zero-order chi connectivity index (χ0) is 18.6. The Labute approximate surface area is 166 Å². The Bertz CT molecular complexity index is 907. The number of aromatic nitrogens is 3. The van der Waals surface area contributed by atoms with Crippen LogP contribution in [0.4, 0.5) is 5.95 Å². The van der Waals surface area contributed by atoms with Crippen LogP contribution in [-0.2, 0) is 11.2 Å². The largest absolute Gasteiger partial charge is 0.339 e. The van der Waals surface area contributed by atoms with Gasteiger partial charge in [0.1, 0.15) is 5.01 Å². The molecule has 8 heteroatoms. The van der Waals surface area contributed by atoms with E-state index in [2.05, 4.69) is 19.9 Å². The number of thiazole rings is 1. The molecule has 2 aromatic heterocycles. The minimum atomic E-state index is 0.108. The third-order valence-electron chi connectivity index (χ3n) is 4.44. The summed E-state index contributed by atoms with van der Waals surface area (Å²) in [5.74, 6) is 0.827. The summed E-state index contributed by atoms with van der Waals surface area (Å²) in [6.07, 6.45) is 3.80. The molecule has 0 aliphatic carbocycles. The summed E-state index contributed by atoms with van der Waals surface area (Å²) in [6.45, 7) is 2.82. The number of carbonyl (C=O) groups excluding carboxylic acids is 1. The van der Waals surface area contributed by atoms with Crippen LogP contribution >= 0.6 is 22.9 Å². The lowest BCUT2D eigenvalue weighted by Crippen LogP contribution is -2.49. The second-order valence-electron chi connectivity index (χ2n) is 6.24. The Morgan fingerprint density at radius 3 is 2.48 bits per heavy atom. The zero-order valence-electron chi connectivity index (χ0n) is 14.6. The second-order valence-corrected chi connectivity index (χ2v) is 7.54. The monoisotopic (exact) mass is 399 g/mol. The number of hydrogen-bond donors (Lipinski definition) is 0. The smallest absolute Gasteiger partial charge is 0.228 e. The number of amides is 1. The predicted octanol–water partition coefficient (Wildman–Crippen LogP) is 3.14. The molecule has 27 heavy (non-hydrogen) atoms. The van der Waals surface area contributed by atoms with Gasteiger partial charge in [0.15, 0.2) is 0 Å². The Morgan fingerprint density at radius 2 is 1.78 bits per heavy atom. The number of hydrogen-bond acceptors (Lipinski definition) is 6. The number of halogens is 1. The van der Waals surface area contributed by atoms with Gasteiger partial charge in [0.2, 0.25) is 11.9 Å². The van der Waals surface area contributed by atoms with Crippen molar-refractivity contribution < 1.29 is 4.79 Å². The lowest BCUT2D eigenvalue weighted by Gasteiger charge is -2.34. The van der Waals surface area contributed by atoms with Gasteiger partial charge in [-0.05, 0) is 18.2 Å². The fourth-order valence-electron chi connectivity index (χ4n) is 2.99. The molecule has 4 rings (SSSR count). The van der Waals surface area contributed by atoms with Crippen molar-refractivity contribution in [2.45, 2.75) is 6.42 Å². The van der Waals surface area contributed by atoms with Crippen LogP contribution in [0, 0.1) is 0 Å². The summed E-state index contributed by atoms with van der Waals surface area (Å²) in [5, 5.41) is 3.56. The molecule has 1 amide bonds. The Hall–Kier alpha value is -2.51. The van der Waals surface area contributed by atoms with Gasteiger partial charge in [-0.3, -0.25) is 4.79 Å². The van der Waals surface area contributed by atoms with Crippen LogP contribution in [0.2, 0.25) is 5.02 Å². The van der Waals surface area contributed by atoms with Gasteiger partial charge in [0.25, 0.3) is 0 Å². The van der Waals surface area contributed by atoms with Crippen molar-refractivity contribution in [1.29, 1.82) is 0 Å². The minimum absolute atomic E-state index is 0.108. The maximum absolute atomic E-state index is 12.6. The van der Waals surface area contributed by atoms with Gasteiger partial charge < -0.3 is 9.80 Å². The molecule has 138 valence electrons. The highest BCUT2D eigenvalue weighted by Crippen LogP contribution is 2.25. The summed E-state index contributed by atoms with van der Waals surface area (Å²) in [7, 11) is 0. The molecule has 0 bridgehead atoms. The molecule has 0 N–H and O–H groups in total. The van der Waals surface area contributed by atoms with E-state index in [-0.39, 0.29) is 5.91 Å². The second kappa shape index (κ2) is 8.02. The van der Waals surface area contributed by atoms with E-state index >= 15 is 0 Å². The van der Waals surface area contributed by atoms with E-state index in [0.717, 1.165) is 35.3 Å². The standard InChI is InChI=1S/C19H18ClN5OS/c20-15-4-2-14(3-5-15)18-23-16(13-27-18)12-17(26)24-8-10-25(11-9-24)19-21-6-1-7-22-19/h1-7,13H,8-12H2. The van der Waals surface area contributed by atoms with E-state index in [1.165, 1.54) is 0 Å². The molecule has 1 aliphatic rings. The fraction of sp³-hybridized carbons (Fsp3) is 0.263. The average Bonchev–Trinajstić information content (AvgIpc) is 3.18. The minimum Gasteiger partial charge on any atom is -0.339 e. The Morgan fingerprint density at radius 1 is 1.07 bits per heavy atom. The van der Waals surface area contributed by atoms with Crippen molar-refractivity contribution in [2.24, 2.45) is 0 Å². The number of piperazine rings is 1. The van der Waals surface area contributed by atoms with Gasteiger partial charge >= 0.3 is 0 Å². The van der Waals surface area contributed by atoms with Crippen LogP contribution in [-0.4, -0.2) is 51.9 Å². The van der Waals surface area contributed by atoms with E-state index < -0.39 is 0 Å². The first-order chi connectivity index (χ1) is 13.2. The molecular formula is C19H18ClN5OS. The van der Waals surface area contributed by atoms with Gasteiger partial charge in [-0.2, -0.15) is 0 Å². The molecule has 1 aromatic carbocycles. The van der Waals surface area contributed by atoms with E-state index in [1.54, 1.807) is 29.8 Å². The molecule has 6 nitrogen and oxygen atoms in total.